The van der Waals surface area contributed by atoms with Gasteiger partial charge in [-0.3, -0.25) is 19.2 Å². The summed E-state index contributed by atoms with van der Waals surface area (Å²) in [5, 5.41) is 0. The van der Waals surface area contributed by atoms with Gasteiger partial charge in [-0.2, -0.15) is 5.48 Å². The van der Waals surface area contributed by atoms with Gasteiger partial charge < -0.3 is 19.1 Å². The van der Waals surface area contributed by atoms with Crippen LogP contribution in [0.4, 0.5) is 0 Å². The van der Waals surface area contributed by atoms with E-state index in [9.17, 15) is 14.4 Å². The lowest BCUT2D eigenvalue weighted by molar-refractivity contribution is -0.171. The Kier molecular flexibility index (Phi) is 20.0. The second-order valence-corrected chi connectivity index (χ2v) is 17.8. The minimum Gasteiger partial charge on any atom is -0.371 e. The fraction of sp³-hybridized carbons (Fsp3) is 0.804. The fourth-order valence-corrected chi connectivity index (χ4v) is 8.58. The molecule has 2 fully saturated rings. The van der Waals surface area contributed by atoms with Crippen molar-refractivity contribution >= 4 is 17.5 Å². The van der Waals surface area contributed by atoms with Crippen molar-refractivity contribution in [2.45, 2.75) is 176 Å². The van der Waals surface area contributed by atoms with Crippen molar-refractivity contribution in [3.05, 3.63) is 35.5 Å². The Labute approximate surface area is 334 Å². The van der Waals surface area contributed by atoms with Crippen molar-refractivity contribution in [3.8, 4) is 0 Å². The lowest BCUT2D eigenvalue weighted by Crippen LogP contribution is -2.54. The Balaban J connectivity index is 1.53. The summed E-state index contributed by atoms with van der Waals surface area (Å²) in [4.78, 5) is 47.1. The van der Waals surface area contributed by atoms with Gasteiger partial charge in [0.1, 0.15) is 24.5 Å². The molecular weight excluding hydrogens is 693 g/mol. The molecule has 0 aromatic carbocycles. The molecular formula is C46H78N2O7. The van der Waals surface area contributed by atoms with E-state index in [0.717, 1.165) is 76.3 Å². The van der Waals surface area contributed by atoms with Gasteiger partial charge in [-0.05, 0) is 103 Å². The molecule has 9 heteroatoms. The first-order chi connectivity index (χ1) is 26.1. The minimum absolute atomic E-state index is 0.0477. The first kappa shape index (κ1) is 47.2. The Bertz CT molecular complexity index is 1310. The second-order valence-electron chi connectivity index (χ2n) is 17.8. The van der Waals surface area contributed by atoms with Crippen molar-refractivity contribution in [1.29, 1.82) is 0 Å². The van der Waals surface area contributed by atoms with E-state index in [-0.39, 0.29) is 66.3 Å². The number of hydroxylamine groups is 1. The van der Waals surface area contributed by atoms with Crippen molar-refractivity contribution in [3.63, 3.8) is 0 Å². The smallest absolute Gasteiger partial charge is 0.225 e. The predicted octanol–water partition coefficient (Wildman–Crippen LogP) is 9.35. The maximum atomic E-state index is 13.8. The summed E-state index contributed by atoms with van der Waals surface area (Å²) in [6.45, 7) is 22.2. The van der Waals surface area contributed by atoms with Crippen LogP contribution in [0.2, 0.25) is 0 Å². The molecule has 3 aliphatic heterocycles. The number of ketones is 2. The molecule has 9 nitrogen and oxygen atoms in total. The number of amides is 1. The molecule has 314 valence electrons. The monoisotopic (exact) mass is 771 g/mol. The number of allylic oxidation sites excluding steroid dienone is 3. The van der Waals surface area contributed by atoms with E-state index in [0.29, 0.717) is 37.2 Å². The van der Waals surface area contributed by atoms with Crippen LogP contribution in [0, 0.1) is 35.5 Å². The third-order valence-electron chi connectivity index (χ3n) is 13.1. The minimum atomic E-state index is -0.496. The van der Waals surface area contributed by atoms with Gasteiger partial charge in [-0.1, -0.05) is 89.8 Å². The fourth-order valence-electron chi connectivity index (χ4n) is 8.58. The van der Waals surface area contributed by atoms with E-state index < -0.39 is 5.60 Å². The topological polar surface area (TPSA) is 103 Å². The number of nitrogens with one attached hydrogen (secondary N) is 1. The van der Waals surface area contributed by atoms with Crippen LogP contribution in [-0.4, -0.2) is 79.3 Å². The first-order valence-electron chi connectivity index (χ1n) is 21.6. The standard InChI is InChI=1S/C46H78N2O7/c1-12-13-16-39(26-36(7)44(50)27-34(5)33(4)25-35(6)38(9)49)42-22-21-41(55-47-42)24-31(2)17-19-40-20-18-37(8)46(10,54-40)28-45(51)48-23-14-15-32(3)43(48)29-53-30-52-11/h21-22,24-25,32,34-37,39-43,47H,12-20,23,26-30H2,1-11H3/b31-24+,33-25+/t32?,34?,35-,36-,37?,39+,40-,41?,42?,43-,46+/m1/s1. The first-order valence-corrected chi connectivity index (χ1v) is 21.6. The molecule has 0 radical (unpaired) electrons. The normalized spacial score (nSPS) is 30.1. The third-order valence-corrected chi connectivity index (χ3v) is 13.1. The summed E-state index contributed by atoms with van der Waals surface area (Å²) in [7, 11) is 1.62. The largest absolute Gasteiger partial charge is 0.371 e. The molecule has 0 aromatic heterocycles. The highest BCUT2D eigenvalue weighted by Gasteiger charge is 2.43. The zero-order valence-electron chi connectivity index (χ0n) is 36.5. The highest BCUT2D eigenvalue weighted by molar-refractivity contribution is 5.81. The van der Waals surface area contributed by atoms with E-state index in [1.165, 1.54) is 5.57 Å². The van der Waals surface area contributed by atoms with Gasteiger partial charge in [0.05, 0.1) is 36.8 Å². The van der Waals surface area contributed by atoms with Gasteiger partial charge in [0.2, 0.25) is 5.91 Å². The van der Waals surface area contributed by atoms with E-state index in [1.54, 1.807) is 14.0 Å². The zero-order valence-corrected chi connectivity index (χ0v) is 36.5. The van der Waals surface area contributed by atoms with Crippen LogP contribution in [0.5, 0.6) is 0 Å². The molecule has 11 atom stereocenters. The lowest BCUT2D eigenvalue weighted by Gasteiger charge is -2.46. The molecule has 0 saturated carbocycles. The molecule has 5 unspecified atom stereocenters. The van der Waals surface area contributed by atoms with Crippen molar-refractivity contribution in [1.82, 2.24) is 10.4 Å². The number of ether oxygens (including phenoxy) is 3. The van der Waals surface area contributed by atoms with Crippen LogP contribution in [0.25, 0.3) is 0 Å². The Morgan fingerprint density at radius 1 is 1.05 bits per heavy atom. The number of likely N-dealkylation sites (tertiary alicyclic amines) is 1. The maximum Gasteiger partial charge on any atom is 0.225 e. The molecule has 0 aromatic rings. The Morgan fingerprint density at radius 2 is 1.80 bits per heavy atom. The van der Waals surface area contributed by atoms with Gasteiger partial charge in [0, 0.05) is 31.9 Å². The van der Waals surface area contributed by atoms with Crippen LogP contribution >= 0.6 is 0 Å². The van der Waals surface area contributed by atoms with Crippen molar-refractivity contribution in [2.24, 2.45) is 35.5 Å². The average molecular weight is 771 g/mol. The molecule has 1 N–H and O–H groups in total. The van der Waals surface area contributed by atoms with Crippen LogP contribution in [0.1, 0.15) is 146 Å². The molecule has 1 amide bonds. The summed E-state index contributed by atoms with van der Waals surface area (Å²) in [6, 6.07) is 0.126. The summed E-state index contributed by atoms with van der Waals surface area (Å²) >= 11 is 0. The maximum absolute atomic E-state index is 13.8. The number of unbranched alkanes of at least 4 members (excludes halogenated alkanes) is 1. The number of Topliss-reactive ketones (excluding diaryl/α,β-unsaturated/α-hetero) is 2. The second kappa shape index (κ2) is 23.3. The van der Waals surface area contributed by atoms with Gasteiger partial charge >= 0.3 is 0 Å². The van der Waals surface area contributed by atoms with Gasteiger partial charge in [-0.15, -0.1) is 0 Å². The molecule has 0 bridgehead atoms. The number of piperidine rings is 1. The molecule has 3 aliphatic rings. The summed E-state index contributed by atoms with van der Waals surface area (Å²) < 4.78 is 17.6. The number of hydrogen-bond donors (Lipinski definition) is 1. The molecule has 3 heterocycles. The van der Waals surface area contributed by atoms with E-state index in [1.807, 2.05) is 24.8 Å². The van der Waals surface area contributed by atoms with Crippen LogP contribution in [0.3, 0.4) is 0 Å². The van der Waals surface area contributed by atoms with Crippen LogP contribution < -0.4 is 5.48 Å². The summed E-state index contributed by atoms with van der Waals surface area (Å²) in [6.07, 6.45) is 19.5. The summed E-state index contributed by atoms with van der Waals surface area (Å²) in [5.74, 6) is 1.54. The van der Waals surface area contributed by atoms with Gasteiger partial charge in [0.15, 0.2) is 0 Å². The SMILES string of the molecule is CCCC[C@@H](C[C@@H](C)C(=O)CC(C)/C(C)=C/[C@@H](C)C(C)=O)C1C=CC(/C=C(\C)CC[C@@H]2CCC(C)[C@](C)(CC(=O)N3CCCC(C)[C@H]3COCOC)O2)ON1. The number of carbonyl (C=O) groups is 3. The Hall–Kier alpha value is -2.17. The Morgan fingerprint density at radius 3 is 2.45 bits per heavy atom. The number of hydrogen-bond acceptors (Lipinski definition) is 8. The zero-order chi connectivity index (χ0) is 40.7. The van der Waals surface area contributed by atoms with Crippen LogP contribution in [-0.2, 0) is 33.4 Å². The highest BCUT2D eigenvalue weighted by Crippen LogP contribution is 2.39. The third kappa shape index (κ3) is 14.9. The lowest BCUT2D eigenvalue weighted by atomic mass is 9.79. The molecule has 55 heavy (non-hydrogen) atoms. The number of nitrogens with zero attached hydrogens (tertiary/aromatic N) is 1. The number of methoxy groups -OCH3 is 1. The van der Waals surface area contributed by atoms with E-state index >= 15 is 0 Å². The quantitative estimate of drug-likeness (QED) is 0.0660. The highest BCUT2D eigenvalue weighted by atomic mass is 16.7. The van der Waals surface area contributed by atoms with Crippen molar-refractivity contribution in [2.75, 3.05) is 27.1 Å². The molecule has 0 spiro atoms. The average Bonchev–Trinajstić information content (AvgIpc) is 3.14. The molecule has 0 aliphatic carbocycles. The van der Waals surface area contributed by atoms with Gasteiger partial charge in [0.25, 0.3) is 0 Å². The summed E-state index contributed by atoms with van der Waals surface area (Å²) in [5.41, 5.74) is 5.22. The van der Waals surface area contributed by atoms with Crippen molar-refractivity contribution < 1.29 is 33.4 Å². The number of carbonyl (C=O) groups excluding carboxylic acids is 3. The van der Waals surface area contributed by atoms with Crippen LogP contribution in [0.15, 0.2) is 35.5 Å². The van der Waals surface area contributed by atoms with Gasteiger partial charge in [-0.25, -0.2) is 0 Å². The van der Waals surface area contributed by atoms with E-state index in [4.69, 9.17) is 19.0 Å². The molecule has 2 saturated heterocycles. The van der Waals surface area contributed by atoms with E-state index in [2.05, 4.69) is 72.2 Å². The number of rotatable bonds is 22. The predicted molar refractivity (Wildman–Crippen MR) is 221 cm³/mol. The molecule has 3 rings (SSSR count).